The van der Waals surface area contributed by atoms with Crippen molar-refractivity contribution in [3.63, 3.8) is 0 Å². The van der Waals surface area contributed by atoms with E-state index in [2.05, 4.69) is 19.9 Å². The van der Waals surface area contributed by atoms with E-state index >= 15 is 0 Å². The molecule has 0 fully saturated rings. The number of ether oxygens (including phenoxy) is 1. The molecule has 0 heterocycles. The minimum absolute atomic E-state index is 0.0215. The third-order valence-corrected chi connectivity index (χ3v) is 8.04. The third kappa shape index (κ3) is 7.45. The Kier molecular flexibility index (Phi) is 9.60. The first-order valence-electron chi connectivity index (χ1n) is 13.3. The van der Waals surface area contributed by atoms with E-state index in [0.29, 0.717) is 17.2 Å². The van der Waals surface area contributed by atoms with E-state index in [9.17, 15) is 8.42 Å². The lowest BCUT2D eigenvalue weighted by Crippen LogP contribution is -2.17. The van der Waals surface area contributed by atoms with Crippen molar-refractivity contribution < 1.29 is 17.3 Å². The van der Waals surface area contributed by atoms with Gasteiger partial charge in [-0.3, -0.25) is 4.18 Å². The van der Waals surface area contributed by atoms with E-state index in [0.717, 1.165) is 39.1 Å². The van der Waals surface area contributed by atoms with Gasteiger partial charge in [-0.1, -0.05) is 90.1 Å². The molecule has 3 aromatic carbocycles. The van der Waals surface area contributed by atoms with Crippen LogP contribution in [0.4, 0.5) is 0 Å². The first-order chi connectivity index (χ1) is 17.4. The average Bonchev–Trinajstić information content (AvgIpc) is 2.82. The summed E-state index contributed by atoms with van der Waals surface area (Å²) in [4.78, 5) is 0.327. The summed E-state index contributed by atoms with van der Waals surface area (Å²) in [6.07, 6.45) is 0.0592. The zero-order valence-corrected chi connectivity index (χ0v) is 24.4. The number of rotatable bonds is 11. The number of hydrogen-bond acceptors (Lipinski definition) is 4. The number of aryl methyl sites for hydroxylation is 2. The lowest BCUT2D eigenvalue weighted by molar-refractivity contribution is 0.165. The molecule has 0 aliphatic rings. The van der Waals surface area contributed by atoms with Crippen LogP contribution in [0.5, 0.6) is 5.75 Å². The zero-order valence-electron chi connectivity index (χ0n) is 23.5. The summed E-state index contributed by atoms with van der Waals surface area (Å²) in [6.45, 7) is 16.5. The van der Waals surface area contributed by atoms with Crippen LogP contribution in [0.3, 0.4) is 0 Å². The van der Waals surface area contributed by atoms with Gasteiger partial charge >= 0.3 is 0 Å². The van der Waals surface area contributed by atoms with Crippen LogP contribution in [-0.4, -0.2) is 15.0 Å². The highest BCUT2D eigenvalue weighted by molar-refractivity contribution is 7.86. The summed E-state index contributed by atoms with van der Waals surface area (Å²) in [5.41, 5.74) is 6.01. The van der Waals surface area contributed by atoms with Gasteiger partial charge in [0.1, 0.15) is 16.7 Å². The van der Waals surface area contributed by atoms with Crippen LogP contribution in [-0.2, 0) is 14.3 Å². The molecule has 0 spiro atoms. The van der Waals surface area contributed by atoms with Crippen LogP contribution in [0, 0.1) is 13.8 Å². The van der Waals surface area contributed by atoms with Crippen molar-refractivity contribution >= 4 is 10.1 Å². The summed E-state index contributed by atoms with van der Waals surface area (Å²) in [5, 5.41) is 0. The molecule has 4 nitrogen and oxygen atoms in total. The molecule has 3 aromatic rings. The van der Waals surface area contributed by atoms with E-state index in [-0.39, 0.29) is 24.5 Å². The van der Waals surface area contributed by atoms with Crippen molar-refractivity contribution in [3.05, 3.63) is 94.0 Å². The van der Waals surface area contributed by atoms with Crippen LogP contribution < -0.4 is 4.74 Å². The molecule has 5 heteroatoms. The molecular formula is C32H42O4S. The van der Waals surface area contributed by atoms with Gasteiger partial charge in [-0.15, -0.1) is 0 Å². The Morgan fingerprint density at radius 2 is 1.24 bits per heavy atom. The van der Waals surface area contributed by atoms with Crippen LogP contribution >= 0.6 is 0 Å². The third-order valence-electron chi connectivity index (χ3n) is 6.59. The quantitative estimate of drug-likeness (QED) is 0.237. The lowest BCUT2D eigenvalue weighted by atomic mass is 9.89. The summed E-state index contributed by atoms with van der Waals surface area (Å²) in [7, 11) is -3.97. The predicted molar refractivity (Wildman–Crippen MR) is 152 cm³/mol. The fourth-order valence-electron chi connectivity index (χ4n) is 4.63. The standard InChI is InChI=1S/C32H42O4S/c1-21(2)27-19-29(22(3)4)32(30(20-27)23(5)6)37(33,34)35-15-14-31(26-12-10-9-11-13-26)36-28-17-24(7)16-25(8)18-28/h9-13,16-23,31H,14-15H2,1-8H3. The van der Waals surface area contributed by atoms with Gasteiger partial charge in [0.2, 0.25) is 0 Å². The molecule has 3 rings (SSSR count). The number of benzene rings is 3. The SMILES string of the molecule is Cc1cc(C)cc(OC(CCOS(=O)(=O)c2c(C(C)C)cc(C(C)C)cc2C(C)C)c2ccccc2)c1. The largest absolute Gasteiger partial charge is 0.486 e. The maximum atomic E-state index is 13.7. The second-order valence-electron chi connectivity index (χ2n) is 10.9. The molecule has 0 aromatic heterocycles. The second kappa shape index (κ2) is 12.3. The molecule has 1 unspecified atom stereocenters. The summed E-state index contributed by atoms with van der Waals surface area (Å²) < 4.78 is 39.4. The molecule has 0 radical (unpaired) electrons. The molecule has 1 atom stereocenters. The Hall–Kier alpha value is -2.63. The van der Waals surface area contributed by atoms with Crippen LogP contribution in [0.2, 0.25) is 0 Å². The molecule has 0 amide bonds. The van der Waals surface area contributed by atoms with E-state index in [4.69, 9.17) is 8.92 Å². The normalized spacial score (nSPS) is 12.9. The highest BCUT2D eigenvalue weighted by Crippen LogP contribution is 2.36. The molecule has 0 saturated carbocycles. The van der Waals surface area contributed by atoms with Gasteiger partial charge < -0.3 is 4.74 Å². The van der Waals surface area contributed by atoms with E-state index in [1.54, 1.807) is 0 Å². The smallest absolute Gasteiger partial charge is 0.297 e. The fourth-order valence-corrected chi connectivity index (χ4v) is 6.23. The van der Waals surface area contributed by atoms with Crippen molar-refractivity contribution in [1.29, 1.82) is 0 Å². The summed E-state index contributed by atoms with van der Waals surface area (Å²) >= 11 is 0. The predicted octanol–water partition coefficient (Wildman–Crippen LogP) is 8.59. The van der Waals surface area contributed by atoms with Crippen molar-refractivity contribution in [2.45, 2.75) is 90.6 Å². The number of hydrogen-bond donors (Lipinski definition) is 0. The van der Waals surface area contributed by atoms with E-state index in [1.807, 2.05) is 96.1 Å². The van der Waals surface area contributed by atoms with Gasteiger partial charge in [-0.05, 0) is 77.1 Å². The highest BCUT2D eigenvalue weighted by Gasteiger charge is 2.28. The van der Waals surface area contributed by atoms with Gasteiger partial charge in [0.05, 0.1) is 6.61 Å². The van der Waals surface area contributed by atoms with Gasteiger partial charge in [-0.2, -0.15) is 8.42 Å². The van der Waals surface area contributed by atoms with Crippen LogP contribution in [0.15, 0.2) is 65.6 Å². The van der Waals surface area contributed by atoms with E-state index in [1.165, 1.54) is 0 Å². The van der Waals surface area contributed by atoms with Crippen LogP contribution in [0.25, 0.3) is 0 Å². The molecule has 0 bridgehead atoms. The van der Waals surface area contributed by atoms with Crippen molar-refractivity contribution in [1.82, 2.24) is 0 Å². The minimum Gasteiger partial charge on any atom is -0.486 e. The van der Waals surface area contributed by atoms with Gasteiger partial charge in [-0.25, -0.2) is 0 Å². The first-order valence-corrected chi connectivity index (χ1v) is 14.7. The van der Waals surface area contributed by atoms with Gasteiger partial charge in [0.15, 0.2) is 0 Å². The lowest BCUT2D eigenvalue weighted by Gasteiger charge is -2.23. The fraction of sp³-hybridized carbons (Fsp3) is 0.438. The Morgan fingerprint density at radius 1 is 0.703 bits per heavy atom. The summed E-state index contributed by atoms with van der Waals surface area (Å²) in [6, 6.07) is 20.1. The maximum absolute atomic E-state index is 13.7. The topological polar surface area (TPSA) is 52.6 Å². The van der Waals surface area contributed by atoms with Gasteiger partial charge in [0, 0.05) is 6.42 Å². The Bertz CT molecular complexity index is 1240. The molecule has 0 aliphatic heterocycles. The summed E-state index contributed by atoms with van der Waals surface area (Å²) in [5.74, 6) is 1.17. The van der Waals surface area contributed by atoms with Gasteiger partial charge in [0.25, 0.3) is 10.1 Å². The monoisotopic (exact) mass is 522 g/mol. The maximum Gasteiger partial charge on any atom is 0.297 e. The molecule has 0 saturated heterocycles. The molecule has 0 N–H and O–H groups in total. The van der Waals surface area contributed by atoms with Crippen LogP contribution in [0.1, 0.15) is 105 Å². The second-order valence-corrected chi connectivity index (χ2v) is 12.5. The molecule has 37 heavy (non-hydrogen) atoms. The van der Waals surface area contributed by atoms with E-state index < -0.39 is 10.1 Å². The Labute approximate surface area is 224 Å². The van der Waals surface area contributed by atoms with Crippen molar-refractivity contribution in [2.24, 2.45) is 0 Å². The molecular weight excluding hydrogens is 480 g/mol. The van der Waals surface area contributed by atoms with Crippen molar-refractivity contribution in [2.75, 3.05) is 6.61 Å². The first kappa shape index (κ1) is 28.9. The van der Waals surface area contributed by atoms with Crippen molar-refractivity contribution in [3.8, 4) is 5.75 Å². The Balaban J connectivity index is 1.90. The zero-order chi connectivity index (χ0) is 27.3. The minimum atomic E-state index is -3.97. The molecule has 0 aliphatic carbocycles. The average molecular weight is 523 g/mol. The molecule has 200 valence electrons. The Morgan fingerprint density at radius 3 is 1.73 bits per heavy atom. The highest BCUT2D eigenvalue weighted by atomic mass is 32.2.